The van der Waals surface area contributed by atoms with Crippen LogP contribution in [0.25, 0.3) is 0 Å². The molecule has 132 valence electrons. The van der Waals surface area contributed by atoms with Gasteiger partial charge in [0.2, 0.25) is 0 Å². The zero-order valence-electron chi connectivity index (χ0n) is 12.8. The van der Waals surface area contributed by atoms with Gasteiger partial charge in [-0.2, -0.15) is 0 Å². The summed E-state index contributed by atoms with van der Waals surface area (Å²) in [6, 6.07) is 4.69. The van der Waals surface area contributed by atoms with Crippen molar-refractivity contribution in [2.45, 2.75) is 18.9 Å². The lowest BCUT2D eigenvalue weighted by Gasteiger charge is -2.24. The topological polar surface area (TPSA) is 58.9 Å². The fourth-order valence-corrected chi connectivity index (χ4v) is 4.15. The molecule has 25 heavy (non-hydrogen) atoms. The SMILES string of the molecule is Cc1cc(C2=NO[C@@](CF)(c3cc(Cl)c(Cl)c(Cl)c3)C2)sc1C(=O)O. The maximum atomic E-state index is 13.9. The number of carbonyl (C=O) groups is 1. The van der Waals surface area contributed by atoms with E-state index in [4.69, 9.17) is 39.6 Å². The summed E-state index contributed by atoms with van der Waals surface area (Å²) < 4.78 is 13.9. The minimum absolute atomic E-state index is 0.122. The van der Waals surface area contributed by atoms with Crippen molar-refractivity contribution in [1.82, 2.24) is 0 Å². The Hall–Kier alpha value is -1.34. The fourth-order valence-electron chi connectivity index (χ4n) is 2.57. The van der Waals surface area contributed by atoms with Gasteiger partial charge >= 0.3 is 5.97 Å². The highest BCUT2D eigenvalue weighted by molar-refractivity contribution is 7.16. The van der Waals surface area contributed by atoms with Gasteiger partial charge in [0.25, 0.3) is 0 Å². The van der Waals surface area contributed by atoms with Gasteiger partial charge < -0.3 is 9.94 Å². The average Bonchev–Trinajstić information content (AvgIpc) is 3.16. The standard InChI is InChI=1S/C16H11Cl3FNO3S/c1-7-2-12(25-14(7)15(22)23)11-5-16(6-20,24-21-11)8-3-9(17)13(19)10(18)4-8/h2-4H,5-6H2,1H3,(H,22,23)/t16-/m0/s1. The van der Waals surface area contributed by atoms with E-state index in [1.807, 2.05) is 0 Å². The molecule has 0 bridgehead atoms. The van der Waals surface area contributed by atoms with Crippen LogP contribution in [0.5, 0.6) is 0 Å². The second kappa shape index (κ2) is 6.76. The largest absolute Gasteiger partial charge is 0.477 e. The number of aromatic carboxylic acids is 1. The summed E-state index contributed by atoms with van der Waals surface area (Å²) in [7, 11) is 0. The van der Waals surface area contributed by atoms with Crippen LogP contribution < -0.4 is 0 Å². The van der Waals surface area contributed by atoms with Crippen LogP contribution in [0.2, 0.25) is 15.1 Å². The van der Waals surface area contributed by atoms with Crippen molar-refractivity contribution in [3.8, 4) is 0 Å². The molecule has 1 aliphatic heterocycles. The Balaban J connectivity index is 1.95. The van der Waals surface area contributed by atoms with Crippen LogP contribution in [0.4, 0.5) is 4.39 Å². The van der Waals surface area contributed by atoms with Crippen LogP contribution in [-0.4, -0.2) is 23.5 Å². The van der Waals surface area contributed by atoms with E-state index >= 15 is 0 Å². The Morgan fingerprint density at radius 1 is 1.36 bits per heavy atom. The summed E-state index contributed by atoms with van der Waals surface area (Å²) in [6.45, 7) is 0.839. The molecule has 0 saturated carbocycles. The Labute approximate surface area is 161 Å². The molecule has 0 radical (unpaired) electrons. The minimum Gasteiger partial charge on any atom is -0.477 e. The molecule has 1 aliphatic rings. The van der Waals surface area contributed by atoms with E-state index in [1.165, 1.54) is 12.1 Å². The summed E-state index contributed by atoms with van der Waals surface area (Å²) in [5.41, 5.74) is 0.139. The second-order valence-electron chi connectivity index (χ2n) is 5.62. The molecule has 0 unspecified atom stereocenters. The molecule has 0 saturated heterocycles. The molecule has 3 rings (SSSR count). The molecular formula is C16H11Cl3FNO3S. The highest BCUT2D eigenvalue weighted by Crippen LogP contribution is 2.42. The number of alkyl halides is 1. The van der Waals surface area contributed by atoms with Gasteiger partial charge in [0, 0.05) is 12.0 Å². The van der Waals surface area contributed by atoms with Crippen LogP contribution in [0.15, 0.2) is 23.4 Å². The minimum atomic E-state index is -1.37. The van der Waals surface area contributed by atoms with Crippen LogP contribution in [0, 0.1) is 6.92 Å². The number of thiophene rings is 1. The Morgan fingerprint density at radius 3 is 2.52 bits per heavy atom. The van der Waals surface area contributed by atoms with Gasteiger partial charge in [-0.1, -0.05) is 40.0 Å². The molecule has 1 aromatic heterocycles. The first-order valence-electron chi connectivity index (χ1n) is 7.07. The number of nitrogens with zero attached hydrogens (tertiary/aromatic N) is 1. The molecule has 4 nitrogen and oxygen atoms in total. The van der Waals surface area contributed by atoms with Crippen molar-refractivity contribution < 1.29 is 19.1 Å². The molecule has 1 N–H and O–H groups in total. The third kappa shape index (κ3) is 3.24. The summed E-state index contributed by atoms with van der Waals surface area (Å²) >= 11 is 19.1. The van der Waals surface area contributed by atoms with Crippen LogP contribution in [-0.2, 0) is 10.4 Å². The number of aryl methyl sites for hydroxylation is 1. The number of carboxylic acid groups (broad SMARTS) is 1. The lowest BCUT2D eigenvalue weighted by Crippen LogP contribution is -2.29. The van der Waals surface area contributed by atoms with E-state index in [0.717, 1.165) is 11.3 Å². The van der Waals surface area contributed by atoms with Gasteiger partial charge in [0.05, 0.1) is 19.9 Å². The van der Waals surface area contributed by atoms with E-state index in [1.54, 1.807) is 13.0 Å². The van der Waals surface area contributed by atoms with Crippen LogP contribution in [0.3, 0.4) is 0 Å². The zero-order chi connectivity index (χ0) is 18.4. The number of halogens is 4. The van der Waals surface area contributed by atoms with E-state index in [2.05, 4.69) is 5.16 Å². The van der Waals surface area contributed by atoms with Crippen molar-refractivity contribution in [2.24, 2.45) is 5.16 Å². The van der Waals surface area contributed by atoms with E-state index in [-0.39, 0.29) is 26.4 Å². The number of hydrogen-bond donors (Lipinski definition) is 1. The molecular weight excluding hydrogens is 412 g/mol. The molecule has 9 heteroatoms. The second-order valence-corrected chi connectivity index (χ2v) is 7.86. The number of rotatable bonds is 4. The molecule has 0 amide bonds. The van der Waals surface area contributed by atoms with Gasteiger partial charge in [-0.25, -0.2) is 9.18 Å². The molecule has 0 aliphatic carbocycles. The summed E-state index contributed by atoms with van der Waals surface area (Å²) in [5, 5.41) is 13.7. The third-order valence-electron chi connectivity index (χ3n) is 3.91. The smallest absolute Gasteiger partial charge is 0.346 e. The van der Waals surface area contributed by atoms with Crippen molar-refractivity contribution >= 4 is 57.8 Å². The zero-order valence-corrected chi connectivity index (χ0v) is 15.9. The van der Waals surface area contributed by atoms with Gasteiger partial charge in [-0.15, -0.1) is 11.3 Å². The van der Waals surface area contributed by atoms with Gasteiger partial charge in [-0.05, 0) is 30.7 Å². The fraction of sp³-hybridized carbons (Fsp3) is 0.250. The molecule has 1 aromatic carbocycles. The number of benzene rings is 1. The number of carboxylic acids is 1. The van der Waals surface area contributed by atoms with Crippen LogP contribution in [0.1, 0.15) is 32.1 Å². The predicted molar refractivity (Wildman–Crippen MR) is 97.4 cm³/mol. The maximum absolute atomic E-state index is 13.9. The van der Waals surface area contributed by atoms with Crippen molar-refractivity contribution in [1.29, 1.82) is 0 Å². The lowest BCUT2D eigenvalue weighted by atomic mass is 9.90. The molecule has 0 fully saturated rings. The van der Waals surface area contributed by atoms with Crippen LogP contribution >= 0.6 is 46.1 Å². The highest BCUT2D eigenvalue weighted by atomic mass is 35.5. The highest BCUT2D eigenvalue weighted by Gasteiger charge is 2.43. The molecule has 1 atom stereocenters. The van der Waals surface area contributed by atoms with Gasteiger partial charge in [-0.3, -0.25) is 0 Å². The normalized spacial score (nSPS) is 19.6. The molecule has 2 heterocycles. The summed E-state index contributed by atoms with van der Waals surface area (Å²) in [4.78, 5) is 17.5. The quantitative estimate of drug-likeness (QED) is 0.643. The van der Waals surface area contributed by atoms with Crippen molar-refractivity contribution in [3.63, 3.8) is 0 Å². The first kappa shape index (κ1) is 18.5. The Bertz CT molecular complexity index is 876. The van der Waals surface area contributed by atoms with Gasteiger partial charge in [0.1, 0.15) is 17.3 Å². The maximum Gasteiger partial charge on any atom is 0.346 e. The van der Waals surface area contributed by atoms with E-state index < -0.39 is 18.2 Å². The molecule has 2 aromatic rings. The first-order chi connectivity index (χ1) is 11.8. The lowest BCUT2D eigenvalue weighted by molar-refractivity contribution is -0.0407. The average molecular weight is 423 g/mol. The molecule has 0 spiro atoms. The summed E-state index contributed by atoms with van der Waals surface area (Å²) in [6.07, 6.45) is 0.122. The number of oxime groups is 1. The number of hydrogen-bond acceptors (Lipinski definition) is 4. The third-order valence-corrected chi connectivity index (χ3v) is 6.38. The van der Waals surface area contributed by atoms with Crippen molar-refractivity contribution in [2.75, 3.05) is 6.67 Å². The van der Waals surface area contributed by atoms with Gasteiger partial charge in [0.15, 0.2) is 5.60 Å². The van der Waals surface area contributed by atoms with E-state index in [0.29, 0.717) is 21.7 Å². The first-order valence-corrected chi connectivity index (χ1v) is 9.02. The Kier molecular flexibility index (Phi) is 4.99. The Morgan fingerprint density at radius 2 is 2.00 bits per heavy atom. The summed E-state index contributed by atoms with van der Waals surface area (Å²) in [5.74, 6) is -1.01. The van der Waals surface area contributed by atoms with E-state index in [9.17, 15) is 14.3 Å². The van der Waals surface area contributed by atoms with Crippen molar-refractivity contribution in [3.05, 3.63) is 54.1 Å². The monoisotopic (exact) mass is 421 g/mol. The predicted octanol–water partition coefficient (Wildman–Crippen LogP) is 5.70.